The van der Waals surface area contributed by atoms with Crippen LogP contribution in [0.2, 0.25) is 5.02 Å². The van der Waals surface area contributed by atoms with Crippen LogP contribution in [0, 0.1) is 5.82 Å². The van der Waals surface area contributed by atoms with Gasteiger partial charge < -0.3 is 4.90 Å². The standard InChI is InChI=1S/C18H19ClFN/c1-21(2)18-10-8-13(14-5-3-4-6-15(14)18)12-7-9-17(20)16(19)11-12/h3-7,9,11,13,18H,8,10H2,1-2H3. The molecule has 3 heteroatoms. The van der Waals surface area contributed by atoms with E-state index in [1.54, 1.807) is 6.07 Å². The Bertz CT molecular complexity index is 653. The molecular formula is C18H19ClFN. The van der Waals surface area contributed by atoms with Crippen molar-refractivity contribution in [3.8, 4) is 0 Å². The Morgan fingerprint density at radius 1 is 1.05 bits per heavy atom. The first-order valence-corrected chi connectivity index (χ1v) is 7.66. The maximum atomic E-state index is 13.4. The van der Waals surface area contributed by atoms with Crippen LogP contribution in [0.1, 0.15) is 41.5 Å². The first kappa shape index (κ1) is 14.6. The van der Waals surface area contributed by atoms with Gasteiger partial charge in [0.2, 0.25) is 0 Å². The molecule has 110 valence electrons. The number of hydrogen-bond acceptors (Lipinski definition) is 1. The lowest BCUT2D eigenvalue weighted by atomic mass is 9.76. The fourth-order valence-electron chi connectivity index (χ4n) is 3.38. The van der Waals surface area contributed by atoms with Crippen molar-refractivity contribution in [3.05, 3.63) is 70.0 Å². The third-order valence-electron chi connectivity index (χ3n) is 4.43. The average molecular weight is 304 g/mol. The largest absolute Gasteiger partial charge is 0.302 e. The van der Waals surface area contributed by atoms with E-state index in [1.165, 1.54) is 17.2 Å². The molecule has 0 saturated heterocycles. The molecule has 0 heterocycles. The SMILES string of the molecule is CN(C)C1CCC(c2ccc(F)c(Cl)c2)c2ccccc21. The van der Waals surface area contributed by atoms with E-state index < -0.39 is 0 Å². The maximum Gasteiger partial charge on any atom is 0.141 e. The number of nitrogens with zero attached hydrogens (tertiary/aromatic N) is 1. The highest BCUT2D eigenvalue weighted by molar-refractivity contribution is 6.30. The lowest BCUT2D eigenvalue weighted by molar-refractivity contribution is 0.263. The molecule has 1 aliphatic rings. The summed E-state index contributed by atoms with van der Waals surface area (Å²) in [7, 11) is 4.24. The average Bonchev–Trinajstić information content (AvgIpc) is 2.49. The molecule has 0 aliphatic heterocycles. The zero-order chi connectivity index (χ0) is 15.0. The van der Waals surface area contributed by atoms with Crippen LogP contribution >= 0.6 is 11.6 Å². The Balaban J connectivity index is 2.05. The van der Waals surface area contributed by atoms with Gasteiger partial charge in [0.15, 0.2) is 0 Å². The Hall–Kier alpha value is -1.38. The lowest BCUT2D eigenvalue weighted by Crippen LogP contribution is -2.26. The molecule has 0 bridgehead atoms. The number of hydrogen-bond donors (Lipinski definition) is 0. The van der Waals surface area contributed by atoms with Crippen molar-refractivity contribution < 1.29 is 4.39 Å². The van der Waals surface area contributed by atoms with Crippen molar-refractivity contribution in [2.24, 2.45) is 0 Å². The summed E-state index contributed by atoms with van der Waals surface area (Å²) in [6, 6.07) is 14.1. The number of rotatable bonds is 2. The minimum atomic E-state index is -0.351. The number of benzene rings is 2. The third-order valence-corrected chi connectivity index (χ3v) is 4.72. The van der Waals surface area contributed by atoms with E-state index in [9.17, 15) is 4.39 Å². The third kappa shape index (κ3) is 2.70. The summed E-state index contributed by atoms with van der Waals surface area (Å²) in [5.41, 5.74) is 3.82. The van der Waals surface area contributed by atoms with Crippen molar-refractivity contribution in [1.82, 2.24) is 4.90 Å². The van der Waals surface area contributed by atoms with Gasteiger partial charge in [-0.15, -0.1) is 0 Å². The van der Waals surface area contributed by atoms with Crippen LogP contribution < -0.4 is 0 Å². The van der Waals surface area contributed by atoms with E-state index in [0.29, 0.717) is 12.0 Å². The summed E-state index contributed by atoms with van der Waals surface area (Å²) in [5.74, 6) is -0.0498. The van der Waals surface area contributed by atoms with Gasteiger partial charge in [-0.1, -0.05) is 41.9 Å². The fourth-order valence-corrected chi connectivity index (χ4v) is 3.57. The van der Waals surface area contributed by atoms with Gasteiger partial charge in [-0.3, -0.25) is 0 Å². The van der Waals surface area contributed by atoms with Crippen LogP contribution in [0.15, 0.2) is 42.5 Å². The van der Waals surface area contributed by atoms with E-state index >= 15 is 0 Å². The van der Waals surface area contributed by atoms with E-state index in [0.717, 1.165) is 18.4 Å². The molecule has 0 amide bonds. The first-order valence-electron chi connectivity index (χ1n) is 7.28. The highest BCUT2D eigenvalue weighted by Crippen LogP contribution is 2.43. The van der Waals surface area contributed by atoms with Gasteiger partial charge in [0.1, 0.15) is 5.82 Å². The predicted octanol–water partition coefficient (Wildman–Crippen LogP) is 5.01. The van der Waals surface area contributed by atoms with Crippen molar-refractivity contribution >= 4 is 11.6 Å². The zero-order valence-corrected chi connectivity index (χ0v) is 13.1. The van der Waals surface area contributed by atoms with E-state index in [4.69, 9.17) is 11.6 Å². The van der Waals surface area contributed by atoms with Crippen LogP contribution in [0.3, 0.4) is 0 Å². The van der Waals surface area contributed by atoms with Gasteiger partial charge in [-0.2, -0.15) is 0 Å². The van der Waals surface area contributed by atoms with Crippen LogP contribution in [0.25, 0.3) is 0 Å². The summed E-state index contributed by atoms with van der Waals surface area (Å²) in [6.07, 6.45) is 2.16. The second kappa shape index (κ2) is 5.78. The molecule has 0 spiro atoms. The Morgan fingerprint density at radius 2 is 1.76 bits per heavy atom. The molecule has 0 N–H and O–H groups in total. The highest BCUT2D eigenvalue weighted by atomic mass is 35.5. The molecule has 2 atom stereocenters. The molecular weight excluding hydrogens is 285 g/mol. The Morgan fingerprint density at radius 3 is 2.43 bits per heavy atom. The van der Waals surface area contributed by atoms with Crippen molar-refractivity contribution in [1.29, 1.82) is 0 Å². The van der Waals surface area contributed by atoms with E-state index in [-0.39, 0.29) is 10.8 Å². The van der Waals surface area contributed by atoms with Gasteiger partial charge in [-0.25, -0.2) is 4.39 Å². The summed E-state index contributed by atoms with van der Waals surface area (Å²) < 4.78 is 13.4. The van der Waals surface area contributed by atoms with Crippen LogP contribution in [-0.4, -0.2) is 19.0 Å². The van der Waals surface area contributed by atoms with Gasteiger partial charge in [0, 0.05) is 12.0 Å². The van der Waals surface area contributed by atoms with Crippen molar-refractivity contribution in [2.45, 2.75) is 24.8 Å². The molecule has 1 aliphatic carbocycles. The molecule has 2 unspecified atom stereocenters. The molecule has 0 fully saturated rings. The van der Waals surface area contributed by atoms with E-state index in [1.807, 2.05) is 6.07 Å². The molecule has 21 heavy (non-hydrogen) atoms. The predicted molar refractivity (Wildman–Crippen MR) is 85.4 cm³/mol. The summed E-state index contributed by atoms with van der Waals surface area (Å²) in [6.45, 7) is 0. The molecule has 0 radical (unpaired) electrons. The Labute approximate surface area is 130 Å². The molecule has 2 aromatic rings. The van der Waals surface area contributed by atoms with Gasteiger partial charge in [-0.05, 0) is 55.8 Å². The van der Waals surface area contributed by atoms with Crippen molar-refractivity contribution in [2.75, 3.05) is 14.1 Å². The molecule has 1 nitrogen and oxygen atoms in total. The zero-order valence-electron chi connectivity index (χ0n) is 12.3. The molecule has 0 aromatic heterocycles. The van der Waals surface area contributed by atoms with E-state index in [2.05, 4.69) is 43.3 Å². The minimum Gasteiger partial charge on any atom is -0.302 e. The molecule has 0 saturated carbocycles. The normalized spacial score (nSPS) is 21.4. The summed E-state index contributed by atoms with van der Waals surface area (Å²) in [4.78, 5) is 2.27. The fraction of sp³-hybridized carbons (Fsp3) is 0.333. The quantitative estimate of drug-likeness (QED) is 0.754. The summed E-state index contributed by atoms with van der Waals surface area (Å²) in [5, 5.41) is 0.208. The van der Waals surface area contributed by atoms with Gasteiger partial charge in [0.05, 0.1) is 5.02 Å². The molecule has 3 rings (SSSR count). The Kier molecular flexibility index (Phi) is 4.01. The van der Waals surface area contributed by atoms with Crippen LogP contribution in [0.5, 0.6) is 0 Å². The van der Waals surface area contributed by atoms with Crippen molar-refractivity contribution in [3.63, 3.8) is 0 Å². The highest BCUT2D eigenvalue weighted by Gasteiger charge is 2.29. The van der Waals surface area contributed by atoms with Crippen LogP contribution in [0.4, 0.5) is 4.39 Å². The summed E-state index contributed by atoms with van der Waals surface area (Å²) >= 11 is 5.96. The minimum absolute atomic E-state index is 0.208. The topological polar surface area (TPSA) is 3.24 Å². The smallest absolute Gasteiger partial charge is 0.141 e. The monoisotopic (exact) mass is 303 g/mol. The lowest BCUT2D eigenvalue weighted by Gasteiger charge is -2.35. The first-order chi connectivity index (χ1) is 10.1. The number of fused-ring (bicyclic) bond motifs is 1. The second-order valence-corrected chi connectivity index (χ2v) is 6.32. The second-order valence-electron chi connectivity index (χ2n) is 5.91. The van der Waals surface area contributed by atoms with Crippen LogP contribution in [-0.2, 0) is 0 Å². The van der Waals surface area contributed by atoms with Gasteiger partial charge >= 0.3 is 0 Å². The van der Waals surface area contributed by atoms with Gasteiger partial charge in [0.25, 0.3) is 0 Å². The number of halogens is 2. The maximum absolute atomic E-state index is 13.4. The molecule has 2 aromatic carbocycles.